The van der Waals surface area contributed by atoms with Crippen LogP contribution in [0.1, 0.15) is 51.4 Å². The predicted octanol–water partition coefficient (Wildman–Crippen LogP) is 0.429. The summed E-state index contributed by atoms with van der Waals surface area (Å²) in [7, 11) is 0. The summed E-state index contributed by atoms with van der Waals surface area (Å²) in [5.41, 5.74) is 4.89. The molecule has 0 aromatic heterocycles. The lowest BCUT2D eigenvalue weighted by atomic mass is 10.1. The first kappa shape index (κ1) is 20.7. The topological polar surface area (TPSA) is 159 Å². The Morgan fingerprint density at radius 1 is 0.913 bits per heavy atom. The molecule has 6 N–H and O–H groups in total. The lowest BCUT2D eigenvalue weighted by Gasteiger charge is -2.14. The zero-order chi connectivity index (χ0) is 17.7. The van der Waals surface area contributed by atoms with E-state index in [-0.39, 0.29) is 31.7 Å². The summed E-state index contributed by atoms with van der Waals surface area (Å²) in [5.74, 6) is -2.31. The minimum atomic E-state index is -1.13. The van der Waals surface area contributed by atoms with Gasteiger partial charge in [0, 0.05) is 19.4 Å². The molecule has 3 amide bonds. The number of carboxylic acid groups (broad SMARTS) is 2. The number of urea groups is 1. The Hall–Kier alpha value is -2.32. The van der Waals surface area contributed by atoms with Crippen LogP contribution in [0, 0.1) is 0 Å². The van der Waals surface area contributed by atoms with Crippen molar-refractivity contribution in [3.8, 4) is 0 Å². The van der Waals surface area contributed by atoms with Crippen molar-refractivity contribution in [2.24, 2.45) is 5.73 Å². The number of carbonyl (C=O) groups excluding carboxylic acids is 2. The van der Waals surface area contributed by atoms with Gasteiger partial charge in [0.25, 0.3) is 0 Å². The van der Waals surface area contributed by atoms with Crippen molar-refractivity contribution in [2.45, 2.75) is 57.4 Å². The lowest BCUT2D eigenvalue weighted by Crippen LogP contribution is -2.41. The van der Waals surface area contributed by atoms with Crippen LogP contribution in [-0.2, 0) is 14.4 Å². The van der Waals surface area contributed by atoms with Gasteiger partial charge in [0.2, 0.25) is 5.91 Å². The second-order valence-electron chi connectivity index (χ2n) is 5.20. The van der Waals surface area contributed by atoms with Crippen LogP contribution >= 0.6 is 0 Å². The summed E-state index contributed by atoms with van der Waals surface area (Å²) in [5, 5.41) is 22.3. The third-order valence-electron chi connectivity index (χ3n) is 3.15. The predicted molar refractivity (Wildman–Crippen MR) is 81.7 cm³/mol. The number of carboxylic acids is 2. The maximum atomic E-state index is 11.7. The van der Waals surface area contributed by atoms with E-state index in [9.17, 15) is 19.2 Å². The molecule has 0 spiro atoms. The van der Waals surface area contributed by atoms with Gasteiger partial charge >= 0.3 is 18.0 Å². The van der Waals surface area contributed by atoms with Crippen LogP contribution in [0.2, 0.25) is 0 Å². The van der Waals surface area contributed by atoms with Crippen molar-refractivity contribution >= 4 is 23.9 Å². The second-order valence-corrected chi connectivity index (χ2v) is 5.20. The van der Waals surface area contributed by atoms with Crippen molar-refractivity contribution in [1.29, 1.82) is 0 Å². The molecule has 0 heterocycles. The second kappa shape index (κ2) is 12.2. The Kier molecular flexibility index (Phi) is 11.0. The summed E-state index contributed by atoms with van der Waals surface area (Å²) in [4.78, 5) is 43.5. The van der Waals surface area contributed by atoms with E-state index in [2.05, 4.69) is 10.6 Å². The van der Waals surface area contributed by atoms with Gasteiger partial charge in [0.1, 0.15) is 6.04 Å². The van der Waals surface area contributed by atoms with E-state index in [0.29, 0.717) is 19.3 Å². The van der Waals surface area contributed by atoms with Crippen LogP contribution in [0.3, 0.4) is 0 Å². The molecule has 0 rings (SSSR count). The lowest BCUT2D eigenvalue weighted by molar-refractivity contribution is -0.142. The number of nitrogens with one attached hydrogen (secondary N) is 2. The molecule has 0 aromatic carbocycles. The number of hydrogen-bond acceptors (Lipinski definition) is 4. The van der Waals surface area contributed by atoms with Crippen LogP contribution in [0.5, 0.6) is 0 Å². The molecule has 0 aliphatic rings. The molecule has 9 heteroatoms. The third-order valence-corrected chi connectivity index (χ3v) is 3.15. The summed E-state index contributed by atoms with van der Waals surface area (Å²) >= 11 is 0. The highest BCUT2D eigenvalue weighted by Crippen LogP contribution is 2.06. The maximum absolute atomic E-state index is 11.7. The van der Waals surface area contributed by atoms with Crippen molar-refractivity contribution < 1.29 is 29.4 Å². The number of carbonyl (C=O) groups is 4. The van der Waals surface area contributed by atoms with E-state index < -0.39 is 24.0 Å². The molecule has 0 fully saturated rings. The molecular formula is C14H25N3O6. The zero-order valence-electron chi connectivity index (χ0n) is 13.0. The molecule has 0 saturated carbocycles. The number of aliphatic carboxylic acids is 2. The van der Waals surface area contributed by atoms with Crippen LogP contribution < -0.4 is 16.4 Å². The first-order valence-corrected chi connectivity index (χ1v) is 7.60. The summed E-state index contributed by atoms with van der Waals surface area (Å²) < 4.78 is 0. The number of hydrogen-bond donors (Lipinski definition) is 5. The summed E-state index contributed by atoms with van der Waals surface area (Å²) in [6.07, 6.45) is 3.50. The molecule has 0 aliphatic carbocycles. The normalized spacial score (nSPS) is 11.5. The van der Waals surface area contributed by atoms with E-state index in [1.807, 2.05) is 0 Å². The van der Waals surface area contributed by atoms with Gasteiger partial charge in [-0.25, -0.2) is 9.59 Å². The van der Waals surface area contributed by atoms with Crippen molar-refractivity contribution in [2.75, 3.05) is 6.54 Å². The third kappa shape index (κ3) is 13.1. The minimum Gasteiger partial charge on any atom is -0.481 e. The molecule has 0 unspecified atom stereocenters. The van der Waals surface area contributed by atoms with Gasteiger partial charge in [-0.2, -0.15) is 0 Å². The molecule has 0 radical (unpaired) electrons. The highest BCUT2D eigenvalue weighted by molar-refractivity contribution is 5.83. The quantitative estimate of drug-likeness (QED) is 0.308. The van der Waals surface area contributed by atoms with E-state index in [1.165, 1.54) is 0 Å². The largest absolute Gasteiger partial charge is 0.481 e. The van der Waals surface area contributed by atoms with Gasteiger partial charge in [0.15, 0.2) is 0 Å². The fourth-order valence-electron chi connectivity index (χ4n) is 1.96. The highest BCUT2D eigenvalue weighted by atomic mass is 16.4. The molecule has 0 aliphatic heterocycles. The van der Waals surface area contributed by atoms with Crippen LogP contribution in [-0.4, -0.2) is 46.7 Å². The Balaban J connectivity index is 3.85. The van der Waals surface area contributed by atoms with Crippen LogP contribution in [0.15, 0.2) is 0 Å². The average molecular weight is 331 g/mol. The average Bonchev–Trinajstić information content (AvgIpc) is 2.45. The van der Waals surface area contributed by atoms with Gasteiger partial charge in [0.05, 0.1) is 0 Å². The number of nitrogens with two attached hydrogens (primary N) is 1. The highest BCUT2D eigenvalue weighted by Gasteiger charge is 2.19. The Morgan fingerprint density at radius 3 is 2.04 bits per heavy atom. The summed E-state index contributed by atoms with van der Waals surface area (Å²) in [6, 6.07) is -1.67. The molecule has 0 saturated heterocycles. The standard InChI is InChI=1S/C14H25N3O6/c15-14(23)16-9-5-6-10(13(21)22)17-11(18)7-3-1-2-4-8-12(19)20/h10H,1-9H2,(H,17,18)(H,19,20)(H,21,22)(H3,15,16,23)/t10-/m0/s1. The number of amides is 3. The molecule has 9 nitrogen and oxygen atoms in total. The van der Waals surface area contributed by atoms with Crippen molar-refractivity contribution in [3.05, 3.63) is 0 Å². The van der Waals surface area contributed by atoms with Crippen LogP contribution in [0.4, 0.5) is 4.79 Å². The minimum absolute atomic E-state index is 0.118. The first-order valence-electron chi connectivity index (χ1n) is 7.60. The van der Waals surface area contributed by atoms with Gasteiger partial charge in [-0.15, -0.1) is 0 Å². The molecule has 132 valence electrons. The first-order chi connectivity index (χ1) is 10.8. The van der Waals surface area contributed by atoms with Gasteiger partial charge in [-0.3, -0.25) is 9.59 Å². The smallest absolute Gasteiger partial charge is 0.326 e. The zero-order valence-corrected chi connectivity index (χ0v) is 13.0. The van der Waals surface area contributed by atoms with Crippen LogP contribution in [0.25, 0.3) is 0 Å². The van der Waals surface area contributed by atoms with E-state index >= 15 is 0 Å². The fraction of sp³-hybridized carbons (Fsp3) is 0.714. The van der Waals surface area contributed by atoms with Crippen molar-refractivity contribution in [1.82, 2.24) is 10.6 Å². The van der Waals surface area contributed by atoms with E-state index in [4.69, 9.17) is 15.9 Å². The maximum Gasteiger partial charge on any atom is 0.326 e. The molecule has 23 heavy (non-hydrogen) atoms. The Labute approximate surface area is 134 Å². The number of unbranched alkanes of at least 4 members (excludes halogenated alkanes) is 3. The number of primary amides is 1. The summed E-state index contributed by atoms with van der Waals surface area (Å²) in [6.45, 7) is 0.249. The van der Waals surface area contributed by atoms with Gasteiger partial charge in [-0.05, 0) is 25.7 Å². The Morgan fingerprint density at radius 2 is 1.52 bits per heavy atom. The molecular weight excluding hydrogens is 306 g/mol. The fourth-order valence-corrected chi connectivity index (χ4v) is 1.96. The molecule has 0 aromatic rings. The Bertz CT molecular complexity index is 413. The van der Waals surface area contributed by atoms with E-state index in [1.54, 1.807) is 0 Å². The van der Waals surface area contributed by atoms with Gasteiger partial charge < -0.3 is 26.6 Å². The molecule has 0 bridgehead atoms. The van der Waals surface area contributed by atoms with Crippen molar-refractivity contribution in [3.63, 3.8) is 0 Å². The van der Waals surface area contributed by atoms with Gasteiger partial charge in [-0.1, -0.05) is 12.8 Å². The SMILES string of the molecule is NC(=O)NCCC[C@H](NC(=O)CCCCCCC(=O)O)C(=O)O. The molecule has 1 atom stereocenters. The van der Waals surface area contributed by atoms with E-state index in [0.717, 1.165) is 12.8 Å². The number of rotatable bonds is 13. The monoisotopic (exact) mass is 331 g/mol.